The van der Waals surface area contributed by atoms with E-state index in [9.17, 15) is 0 Å². The Balaban J connectivity index is 1.98. The maximum absolute atomic E-state index is 8.46. The molecule has 0 atom stereocenters. The maximum atomic E-state index is 8.46. The van der Waals surface area contributed by atoms with Crippen molar-refractivity contribution < 1.29 is 4.74 Å². The Hall–Kier alpha value is -2.07. The Kier molecular flexibility index (Phi) is 4.81. The van der Waals surface area contributed by atoms with Crippen molar-refractivity contribution in [2.45, 2.75) is 37.2 Å². The van der Waals surface area contributed by atoms with Crippen LogP contribution in [0.3, 0.4) is 0 Å². The first-order valence-electron chi connectivity index (χ1n) is 6.51. The van der Waals surface area contributed by atoms with Crippen LogP contribution in [0.15, 0.2) is 29.4 Å². The van der Waals surface area contributed by atoms with Crippen LogP contribution >= 0.6 is 11.8 Å². The molecule has 0 N–H and O–H groups in total. The summed E-state index contributed by atoms with van der Waals surface area (Å²) < 4.78 is 7.04. The minimum atomic E-state index is -0.138. The first-order valence-corrected chi connectivity index (χ1v) is 7.49. The number of hydrogen-bond donors (Lipinski definition) is 0. The van der Waals surface area contributed by atoms with Crippen molar-refractivity contribution in [3.63, 3.8) is 0 Å². The lowest BCUT2D eigenvalue weighted by Crippen LogP contribution is -2.24. The zero-order valence-electron chi connectivity index (χ0n) is 12.3. The van der Waals surface area contributed by atoms with Crippen LogP contribution in [0, 0.1) is 11.3 Å². The van der Waals surface area contributed by atoms with E-state index in [0.717, 1.165) is 16.5 Å². The molecule has 0 unspecified atom stereocenters. The van der Waals surface area contributed by atoms with E-state index < -0.39 is 0 Å². The molecule has 0 saturated heterocycles. The number of hydrogen-bond acceptors (Lipinski definition) is 6. The summed E-state index contributed by atoms with van der Waals surface area (Å²) in [7, 11) is 0. The summed E-state index contributed by atoms with van der Waals surface area (Å²) in [6, 6.07) is 9.62. The van der Waals surface area contributed by atoms with Gasteiger partial charge in [0.05, 0.1) is 5.54 Å². The molecule has 1 aromatic heterocycles. The van der Waals surface area contributed by atoms with E-state index in [0.29, 0.717) is 5.75 Å². The molecule has 21 heavy (non-hydrogen) atoms. The summed E-state index contributed by atoms with van der Waals surface area (Å²) in [4.78, 5) is 0. The molecule has 1 heterocycles. The lowest BCUT2D eigenvalue weighted by Gasteiger charge is -2.19. The molecule has 0 aliphatic rings. The van der Waals surface area contributed by atoms with Gasteiger partial charge in [0.1, 0.15) is 11.8 Å². The van der Waals surface area contributed by atoms with Crippen LogP contribution in [0.5, 0.6) is 5.75 Å². The third-order valence-corrected chi connectivity index (χ3v) is 3.66. The molecule has 0 bridgehead atoms. The van der Waals surface area contributed by atoms with Crippen LogP contribution in [-0.2, 0) is 11.3 Å². The number of benzene rings is 1. The number of aromatic nitrogens is 4. The molecule has 0 aliphatic carbocycles. The van der Waals surface area contributed by atoms with Crippen LogP contribution in [0.1, 0.15) is 26.3 Å². The van der Waals surface area contributed by atoms with Gasteiger partial charge in [-0.2, -0.15) is 5.26 Å². The molecule has 110 valence electrons. The lowest BCUT2D eigenvalue weighted by atomic mass is 10.1. The predicted octanol–water partition coefficient (Wildman–Crippen LogP) is 2.62. The van der Waals surface area contributed by atoms with Crippen molar-refractivity contribution in [2.24, 2.45) is 0 Å². The fourth-order valence-corrected chi connectivity index (χ4v) is 2.65. The first-order chi connectivity index (χ1) is 10.0. The number of nitriles is 1. The molecule has 0 saturated carbocycles. The van der Waals surface area contributed by atoms with E-state index in [4.69, 9.17) is 10.00 Å². The van der Waals surface area contributed by atoms with Gasteiger partial charge in [-0.25, -0.2) is 4.68 Å². The topological polar surface area (TPSA) is 76.6 Å². The van der Waals surface area contributed by atoms with E-state index in [1.807, 2.05) is 35.0 Å². The molecule has 0 spiro atoms. The second-order valence-corrected chi connectivity index (χ2v) is 6.37. The molecule has 0 radical (unpaired) electrons. The van der Waals surface area contributed by atoms with Gasteiger partial charge in [-0.1, -0.05) is 23.9 Å². The summed E-state index contributed by atoms with van der Waals surface area (Å²) in [5.41, 5.74) is 1.01. The molecular formula is C14H17N5OS. The normalized spacial score (nSPS) is 11.1. The average Bonchev–Trinajstić information content (AvgIpc) is 2.92. The molecule has 2 aromatic rings. The lowest BCUT2D eigenvalue weighted by molar-refractivity contribution is 0.321. The molecular weight excluding hydrogens is 286 g/mol. The Labute approximate surface area is 128 Å². The van der Waals surface area contributed by atoms with Crippen LogP contribution in [0.25, 0.3) is 0 Å². The third kappa shape index (κ3) is 4.20. The predicted molar refractivity (Wildman–Crippen MR) is 79.9 cm³/mol. The minimum Gasteiger partial charge on any atom is -0.479 e. The Bertz CT molecular complexity index is 624. The summed E-state index contributed by atoms with van der Waals surface area (Å²) in [6.07, 6.45) is 0. The fraction of sp³-hybridized carbons (Fsp3) is 0.429. The zero-order chi connectivity index (χ0) is 15.3. The number of thioether (sulfide) groups is 1. The van der Waals surface area contributed by atoms with Gasteiger partial charge in [-0.05, 0) is 48.9 Å². The van der Waals surface area contributed by atoms with E-state index in [1.54, 1.807) is 11.8 Å². The van der Waals surface area contributed by atoms with Gasteiger partial charge in [0.25, 0.3) is 0 Å². The van der Waals surface area contributed by atoms with Gasteiger partial charge >= 0.3 is 0 Å². The van der Waals surface area contributed by atoms with E-state index in [-0.39, 0.29) is 12.1 Å². The average molecular weight is 303 g/mol. The minimum absolute atomic E-state index is 0.0639. The smallest absolute Gasteiger partial charge is 0.210 e. The highest BCUT2D eigenvalue weighted by molar-refractivity contribution is 7.98. The largest absolute Gasteiger partial charge is 0.479 e. The van der Waals surface area contributed by atoms with E-state index in [2.05, 4.69) is 36.3 Å². The zero-order valence-corrected chi connectivity index (χ0v) is 13.1. The van der Waals surface area contributed by atoms with Gasteiger partial charge in [-0.15, -0.1) is 5.10 Å². The number of ether oxygens (including phenoxy) is 1. The summed E-state index contributed by atoms with van der Waals surface area (Å²) in [5.74, 6) is 1.47. The second-order valence-electron chi connectivity index (χ2n) is 5.42. The number of nitrogens with zero attached hydrogens (tertiary/aromatic N) is 5. The molecule has 6 nitrogen and oxygen atoms in total. The summed E-state index contributed by atoms with van der Waals surface area (Å²) >= 11 is 1.59. The molecule has 0 fully saturated rings. The van der Waals surface area contributed by atoms with Gasteiger partial charge in [0.15, 0.2) is 6.61 Å². The Morgan fingerprint density at radius 2 is 2.00 bits per heavy atom. The fourth-order valence-electron chi connectivity index (χ4n) is 1.64. The quantitative estimate of drug-likeness (QED) is 0.790. The number of rotatable bonds is 5. The van der Waals surface area contributed by atoms with Crippen LogP contribution < -0.4 is 4.74 Å². The molecule has 1 aromatic carbocycles. The molecule has 0 aliphatic heterocycles. The number of tetrazole rings is 1. The monoisotopic (exact) mass is 303 g/mol. The maximum Gasteiger partial charge on any atom is 0.210 e. The van der Waals surface area contributed by atoms with Crippen molar-refractivity contribution >= 4 is 11.8 Å². The van der Waals surface area contributed by atoms with Crippen LogP contribution in [-0.4, -0.2) is 26.8 Å². The summed E-state index contributed by atoms with van der Waals surface area (Å²) in [6.45, 7) is 6.26. The highest BCUT2D eigenvalue weighted by Crippen LogP contribution is 2.25. The van der Waals surface area contributed by atoms with Crippen molar-refractivity contribution in [1.29, 1.82) is 5.26 Å². The van der Waals surface area contributed by atoms with Crippen molar-refractivity contribution in [2.75, 3.05) is 6.61 Å². The molecule has 2 rings (SSSR count). The van der Waals surface area contributed by atoms with E-state index in [1.165, 1.54) is 0 Å². The van der Waals surface area contributed by atoms with Gasteiger partial charge < -0.3 is 4.74 Å². The first kappa shape index (κ1) is 15.3. The Morgan fingerprint density at radius 3 is 2.62 bits per heavy atom. The van der Waals surface area contributed by atoms with Crippen molar-refractivity contribution in [3.8, 4) is 11.8 Å². The molecule has 0 amide bonds. The van der Waals surface area contributed by atoms with Crippen LogP contribution in [0.2, 0.25) is 0 Å². The van der Waals surface area contributed by atoms with Crippen LogP contribution in [0.4, 0.5) is 0 Å². The van der Waals surface area contributed by atoms with Crippen molar-refractivity contribution in [3.05, 3.63) is 29.8 Å². The van der Waals surface area contributed by atoms with E-state index >= 15 is 0 Å². The second kappa shape index (κ2) is 6.59. The highest BCUT2D eigenvalue weighted by atomic mass is 32.2. The molecule has 7 heteroatoms. The van der Waals surface area contributed by atoms with Gasteiger partial charge in [-0.3, -0.25) is 0 Å². The Morgan fingerprint density at radius 1 is 1.29 bits per heavy atom. The van der Waals surface area contributed by atoms with Gasteiger partial charge in [0.2, 0.25) is 5.16 Å². The standard InChI is InChI=1S/C14H17N5OS/c1-14(2,3)19-13(16-17-18-19)21-10-11-4-6-12(7-5-11)20-9-8-15/h4-7H,9-10H2,1-3H3. The third-order valence-electron chi connectivity index (χ3n) is 2.67. The SMILES string of the molecule is CC(C)(C)n1nnnc1SCc1ccc(OCC#N)cc1. The highest BCUT2D eigenvalue weighted by Gasteiger charge is 2.19. The summed E-state index contributed by atoms with van der Waals surface area (Å²) in [5, 5.41) is 21.1. The van der Waals surface area contributed by atoms with Gasteiger partial charge in [0, 0.05) is 5.75 Å². The van der Waals surface area contributed by atoms with Crippen molar-refractivity contribution in [1.82, 2.24) is 20.2 Å².